The minimum Gasteiger partial charge on any atom is -0.236 e. The Morgan fingerprint density at radius 1 is 0.839 bits per heavy atom. The molecule has 3 heteroatoms. The highest BCUT2D eigenvalue weighted by molar-refractivity contribution is 5.55. The van der Waals surface area contributed by atoms with Crippen molar-refractivity contribution in [3.8, 4) is 11.4 Å². The van der Waals surface area contributed by atoms with Gasteiger partial charge in [0.25, 0.3) is 0 Å². The van der Waals surface area contributed by atoms with Crippen LogP contribution in [0.3, 0.4) is 0 Å². The van der Waals surface area contributed by atoms with Crippen molar-refractivity contribution >= 4 is 0 Å². The molecule has 2 nitrogen and oxygen atoms in total. The predicted octanol–water partition coefficient (Wildman–Crippen LogP) is 8.65. The standard InChI is InChI=1S/C28H41FN2/c1-3-5-7-8-9-10-12-24-17-18-25(19-27(24)29)28-30-20-26(21-31-28)23-15-13-22(14-16-23)11-6-4-2/h17-23H,3-16H2,1-2H3. The van der Waals surface area contributed by atoms with Gasteiger partial charge in [-0.05, 0) is 67.6 Å². The Balaban J connectivity index is 1.51. The van der Waals surface area contributed by atoms with Gasteiger partial charge in [0.1, 0.15) is 5.82 Å². The van der Waals surface area contributed by atoms with E-state index in [4.69, 9.17) is 0 Å². The van der Waals surface area contributed by atoms with E-state index in [1.807, 2.05) is 24.5 Å². The number of hydrogen-bond acceptors (Lipinski definition) is 2. The van der Waals surface area contributed by atoms with E-state index in [9.17, 15) is 4.39 Å². The van der Waals surface area contributed by atoms with Crippen LogP contribution >= 0.6 is 0 Å². The third-order valence-electron chi connectivity index (χ3n) is 7.07. The molecular formula is C28H41FN2. The van der Waals surface area contributed by atoms with Gasteiger partial charge in [-0.25, -0.2) is 14.4 Å². The molecule has 0 bridgehead atoms. The molecule has 0 N–H and O–H groups in total. The molecule has 0 amide bonds. The molecule has 170 valence electrons. The second-order valence-electron chi connectivity index (χ2n) is 9.52. The minimum atomic E-state index is -0.121. The molecule has 0 radical (unpaired) electrons. The normalized spacial score (nSPS) is 18.9. The highest BCUT2D eigenvalue weighted by Gasteiger charge is 2.22. The molecule has 0 aliphatic heterocycles. The Morgan fingerprint density at radius 2 is 1.52 bits per heavy atom. The van der Waals surface area contributed by atoms with E-state index in [0.717, 1.165) is 29.9 Å². The first-order valence-electron chi connectivity index (χ1n) is 12.8. The molecular weight excluding hydrogens is 383 g/mol. The van der Waals surface area contributed by atoms with Crippen LogP contribution in [0, 0.1) is 11.7 Å². The molecule has 1 fully saturated rings. The highest BCUT2D eigenvalue weighted by Crippen LogP contribution is 2.37. The largest absolute Gasteiger partial charge is 0.236 e. The van der Waals surface area contributed by atoms with Gasteiger partial charge in [-0.3, -0.25) is 0 Å². The van der Waals surface area contributed by atoms with Crippen LogP contribution in [0.1, 0.15) is 114 Å². The van der Waals surface area contributed by atoms with Crippen LogP contribution in [0.5, 0.6) is 0 Å². The number of unbranched alkanes of at least 4 members (excludes halogenated alkanes) is 6. The third kappa shape index (κ3) is 7.40. The lowest BCUT2D eigenvalue weighted by atomic mass is 9.78. The predicted molar refractivity (Wildman–Crippen MR) is 129 cm³/mol. The molecule has 0 atom stereocenters. The van der Waals surface area contributed by atoms with E-state index in [0.29, 0.717) is 11.7 Å². The summed E-state index contributed by atoms with van der Waals surface area (Å²) >= 11 is 0. The van der Waals surface area contributed by atoms with E-state index in [1.165, 1.54) is 82.6 Å². The van der Waals surface area contributed by atoms with Crippen LogP contribution in [0.4, 0.5) is 4.39 Å². The molecule has 0 unspecified atom stereocenters. The summed E-state index contributed by atoms with van der Waals surface area (Å²) in [6.07, 6.45) is 21.4. The van der Waals surface area contributed by atoms with Crippen molar-refractivity contribution in [1.82, 2.24) is 9.97 Å². The average Bonchev–Trinajstić information content (AvgIpc) is 2.81. The Labute approximate surface area is 189 Å². The fraction of sp³-hybridized carbons (Fsp3) is 0.643. The lowest BCUT2D eigenvalue weighted by Crippen LogP contribution is -2.13. The van der Waals surface area contributed by atoms with E-state index in [2.05, 4.69) is 23.8 Å². The van der Waals surface area contributed by atoms with Crippen LogP contribution in [0.2, 0.25) is 0 Å². The Morgan fingerprint density at radius 3 is 2.19 bits per heavy atom. The van der Waals surface area contributed by atoms with Gasteiger partial charge in [0.15, 0.2) is 5.82 Å². The van der Waals surface area contributed by atoms with Gasteiger partial charge in [-0.2, -0.15) is 0 Å². The number of nitrogens with zero attached hydrogens (tertiary/aromatic N) is 2. The molecule has 1 aromatic carbocycles. The summed E-state index contributed by atoms with van der Waals surface area (Å²) in [5.74, 6) is 2.01. The quantitative estimate of drug-likeness (QED) is 0.319. The average molecular weight is 425 g/mol. The maximum atomic E-state index is 14.6. The number of benzene rings is 1. The summed E-state index contributed by atoms with van der Waals surface area (Å²) < 4.78 is 14.6. The maximum Gasteiger partial charge on any atom is 0.159 e. The van der Waals surface area contributed by atoms with E-state index >= 15 is 0 Å². The van der Waals surface area contributed by atoms with Crippen molar-refractivity contribution < 1.29 is 4.39 Å². The van der Waals surface area contributed by atoms with E-state index < -0.39 is 0 Å². The molecule has 0 spiro atoms. The van der Waals surface area contributed by atoms with Crippen molar-refractivity contribution in [2.45, 2.75) is 110 Å². The zero-order valence-electron chi connectivity index (χ0n) is 19.7. The van der Waals surface area contributed by atoms with Gasteiger partial charge in [0.05, 0.1) is 0 Å². The van der Waals surface area contributed by atoms with Crippen molar-refractivity contribution in [3.05, 3.63) is 47.5 Å². The summed E-state index contributed by atoms with van der Waals surface area (Å²) in [6.45, 7) is 4.51. The van der Waals surface area contributed by atoms with Crippen molar-refractivity contribution in [2.24, 2.45) is 5.92 Å². The van der Waals surface area contributed by atoms with Crippen LogP contribution in [-0.2, 0) is 6.42 Å². The minimum absolute atomic E-state index is 0.121. The molecule has 1 aliphatic rings. The zero-order chi connectivity index (χ0) is 21.9. The fourth-order valence-corrected chi connectivity index (χ4v) is 4.96. The Hall–Kier alpha value is -1.77. The molecule has 1 heterocycles. The van der Waals surface area contributed by atoms with Gasteiger partial charge in [0, 0.05) is 18.0 Å². The SMILES string of the molecule is CCCCCCCCc1ccc(-c2ncc(C3CCC(CCCC)CC3)cn2)cc1F. The second-order valence-corrected chi connectivity index (χ2v) is 9.52. The Bertz CT molecular complexity index is 763. The lowest BCUT2D eigenvalue weighted by Gasteiger charge is -2.28. The molecule has 1 aliphatic carbocycles. The first-order valence-corrected chi connectivity index (χ1v) is 12.8. The van der Waals surface area contributed by atoms with Gasteiger partial charge in [-0.15, -0.1) is 0 Å². The van der Waals surface area contributed by atoms with E-state index in [-0.39, 0.29) is 5.82 Å². The highest BCUT2D eigenvalue weighted by atomic mass is 19.1. The van der Waals surface area contributed by atoms with Crippen LogP contribution in [0.25, 0.3) is 11.4 Å². The smallest absolute Gasteiger partial charge is 0.159 e. The molecule has 2 aromatic rings. The van der Waals surface area contributed by atoms with Gasteiger partial charge >= 0.3 is 0 Å². The van der Waals surface area contributed by atoms with Crippen LogP contribution in [0.15, 0.2) is 30.6 Å². The first kappa shape index (κ1) is 23.9. The van der Waals surface area contributed by atoms with Crippen molar-refractivity contribution in [1.29, 1.82) is 0 Å². The van der Waals surface area contributed by atoms with Gasteiger partial charge in [0.2, 0.25) is 0 Å². The summed E-state index contributed by atoms with van der Waals surface area (Å²) in [7, 11) is 0. The molecule has 0 saturated heterocycles. The molecule has 1 saturated carbocycles. The molecule has 3 rings (SSSR count). The number of hydrogen-bond donors (Lipinski definition) is 0. The zero-order valence-corrected chi connectivity index (χ0v) is 19.7. The molecule has 1 aromatic heterocycles. The van der Waals surface area contributed by atoms with Crippen LogP contribution in [-0.4, -0.2) is 9.97 Å². The third-order valence-corrected chi connectivity index (χ3v) is 7.07. The fourth-order valence-electron chi connectivity index (χ4n) is 4.96. The topological polar surface area (TPSA) is 25.8 Å². The molecule has 31 heavy (non-hydrogen) atoms. The first-order chi connectivity index (χ1) is 15.2. The summed E-state index contributed by atoms with van der Waals surface area (Å²) in [5.41, 5.74) is 2.84. The number of aromatic nitrogens is 2. The number of halogens is 1. The van der Waals surface area contributed by atoms with E-state index in [1.54, 1.807) is 6.07 Å². The lowest BCUT2D eigenvalue weighted by molar-refractivity contribution is 0.304. The Kier molecular flexibility index (Phi) is 9.96. The second kappa shape index (κ2) is 12.9. The monoisotopic (exact) mass is 424 g/mol. The maximum absolute atomic E-state index is 14.6. The number of rotatable bonds is 12. The van der Waals surface area contributed by atoms with Gasteiger partial charge < -0.3 is 0 Å². The van der Waals surface area contributed by atoms with Crippen molar-refractivity contribution in [2.75, 3.05) is 0 Å². The van der Waals surface area contributed by atoms with Crippen molar-refractivity contribution in [3.63, 3.8) is 0 Å². The number of aryl methyl sites for hydroxylation is 1. The van der Waals surface area contributed by atoms with Gasteiger partial charge in [-0.1, -0.05) is 77.3 Å². The summed E-state index contributed by atoms with van der Waals surface area (Å²) in [6, 6.07) is 5.51. The summed E-state index contributed by atoms with van der Waals surface area (Å²) in [5, 5.41) is 0. The summed E-state index contributed by atoms with van der Waals surface area (Å²) in [4.78, 5) is 9.18. The van der Waals surface area contributed by atoms with Crippen LogP contribution < -0.4 is 0 Å².